The van der Waals surface area contributed by atoms with Crippen molar-refractivity contribution in [2.75, 3.05) is 55.3 Å². The first-order chi connectivity index (χ1) is 30.3. The summed E-state index contributed by atoms with van der Waals surface area (Å²) >= 11 is 7.64. The third-order valence-electron chi connectivity index (χ3n) is 11.2. The Labute approximate surface area is 381 Å². The first kappa shape index (κ1) is 48.2. The summed E-state index contributed by atoms with van der Waals surface area (Å²) in [4.78, 5) is 18.2. The highest BCUT2D eigenvalue weighted by Gasteiger charge is 2.48. The molecule has 0 radical (unpaired) electrons. The average molecular weight is 940 g/mol. The number of likely N-dealkylation sites (N-methyl/N-ethyl adjacent to an activating group) is 1. The van der Waals surface area contributed by atoms with E-state index in [1.165, 1.54) is 29.0 Å². The lowest BCUT2D eigenvalue weighted by atomic mass is 9.87. The van der Waals surface area contributed by atoms with E-state index in [2.05, 4.69) is 51.3 Å². The molecule has 15 heteroatoms. The van der Waals surface area contributed by atoms with Crippen LogP contribution in [-0.4, -0.2) is 86.3 Å². The summed E-state index contributed by atoms with van der Waals surface area (Å²) in [6.45, 7) is 6.95. The van der Waals surface area contributed by atoms with Crippen molar-refractivity contribution >= 4 is 66.5 Å². The summed E-state index contributed by atoms with van der Waals surface area (Å²) in [5.41, 5.74) is -0.687. The first-order valence-electron chi connectivity index (χ1n) is 21.0. The minimum atomic E-state index is -5.80. The predicted molar refractivity (Wildman–Crippen MR) is 255 cm³/mol. The van der Waals surface area contributed by atoms with Gasteiger partial charge in [0.25, 0.3) is 15.7 Å². The minimum absolute atomic E-state index is 0.0399. The SMILES string of the molecule is C/C=S(/NC(=O)c1ccc(N2CCC(Cc3ccccc3-c3ccc(Cl)cc3)CC2)cc1)c1ccc(N[C@H](CCN(CC)CCO)CSc2ccccc2)c(S(=O)(=O)C(F)(F)F)c1. The summed E-state index contributed by atoms with van der Waals surface area (Å²) in [6.07, 6.45) is 3.48. The number of thioether (sulfide) groups is 1. The van der Waals surface area contributed by atoms with E-state index in [0.717, 1.165) is 54.6 Å². The Morgan fingerprint density at radius 2 is 1.63 bits per heavy atom. The van der Waals surface area contributed by atoms with Crippen LogP contribution in [0.4, 0.5) is 24.5 Å². The lowest BCUT2D eigenvalue weighted by molar-refractivity contribution is -0.0435. The molecular weight excluding hydrogens is 885 g/mol. The number of rotatable bonds is 19. The maximum Gasteiger partial charge on any atom is 0.501 e. The summed E-state index contributed by atoms with van der Waals surface area (Å²) in [5.74, 6) is 0.521. The fourth-order valence-corrected chi connectivity index (χ4v) is 11.1. The highest BCUT2D eigenvalue weighted by Crippen LogP contribution is 2.39. The normalized spacial score (nSPS) is 14.8. The van der Waals surface area contributed by atoms with Crippen molar-refractivity contribution in [3.8, 4) is 11.1 Å². The van der Waals surface area contributed by atoms with Gasteiger partial charge in [-0.3, -0.25) is 9.52 Å². The molecule has 5 aromatic rings. The number of piperidine rings is 1. The minimum Gasteiger partial charge on any atom is -0.395 e. The Bertz CT molecular complexity index is 2410. The molecule has 336 valence electrons. The van der Waals surface area contributed by atoms with E-state index in [9.17, 15) is 31.5 Å². The third kappa shape index (κ3) is 12.9. The second-order valence-corrected chi connectivity index (χ2v) is 20.6. The number of anilines is 2. The van der Waals surface area contributed by atoms with Crippen LogP contribution in [0.5, 0.6) is 0 Å². The Morgan fingerprint density at radius 3 is 2.29 bits per heavy atom. The second kappa shape index (κ2) is 22.5. The zero-order valence-corrected chi connectivity index (χ0v) is 38.6. The molecule has 1 aliphatic rings. The van der Waals surface area contributed by atoms with E-state index in [-0.39, 0.29) is 17.2 Å². The molecule has 1 amide bonds. The summed E-state index contributed by atoms with van der Waals surface area (Å²) < 4.78 is 72.0. The Hall–Kier alpha value is -4.31. The van der Waals surface area contributed by atoms with E-state index in [0.29, 0.717) is 48.3 Å². The molecule has 1 heterocycles. The van der Waals surface area contributed by atoms with Gasteiger partial charge in [0.1, 0.15) is 4.90 Å². The maximum atomic E-state index is 14.3. The monoisotopic (exact) mass is 938 g/mol. The fraction of sp³-hybridized carbons (Fsp3) is 0.333. The maximum absolute atomic E-state index is 14.3. The van der Waals surface area contributed by atoms with Crippen LogP contribution in [0.1, 0.15) is 49.0 Å². The summed E-state index contributed by atoms with van der Waals surface area (Å²) in [5, 5.41) is 15.0. The van der Waals surface area contributed by atoms with Crippen molar-refractivity contribution in [1.29, 1.82) is 0 Å². The van der Waals surface area contributed by atoms with Crippen molar-refractivity contribution in [1.82, 2.24) is 9.62 Å². The molecular formula is C48H54ClF3N4O4S3. The quantitative estimate of drug-likeness (QED) is 0.0556. The predicted octanol–water partition coefficient (Wildman–Crippen LogP) is 10.8. The Morgan fingerprint density at radius 1 is 0.952 bits per heavy atom. The van der Waals surface area contributed by atoms with Gasteiger partial charge in [-0.25, -0.2) is 8.42 Å². The number of benzene rings is 5. The van der Waals surface area contributed by atoms with Gasteiger partial charge in [0.05, 0.1) is 12.3 Å². The summed E-state index contributed by atoms with van der Waals surface area (Å²) in [7, 11) is -7.04. The van der Waals surface area contributed by atoms with Crippen LogP contribution in [0.2, 0.25) is 5.02 Å². The van der Waals surface area contributed by atoms with Crippen LogP contribution < -0.4 is 14.9 Å². The van der Waals surface area contributed by atoms with Crippen LogP contribution in [0.15, 0.2) is 136 Å². The molecule has 1 fully saturated rings. The molecule has 1 aliphatic heterocycles. The lowest BCUT2D eigenvalue weighted by Crippen LogP contribution is -2.34. The Kier molecular flexibility index (Phi) is 17.2. The second-order valence-electron chi connectivity index (χ2n) is 15.4. The Balaban J connectivity index is 1.13. The largest absolute Gasteiger partial charge is 0.501 e. The van der Waals surface area contributed by atoms with Gasteiger partial charge in [0.2, 0.25) is 0 Å². The van der Waals surface area contributed by atoms with Gasteiger partial charge in [-0.1, -0.05) is 83.8 Å². The zero-order valence-electron chi connectivity index (χ0n) is 35.4. The number of hydrogen-bond donors (Lipinski definition) is 3. The van der Waals surface area contributed by atoms with E-state index >= 15 is 0 Å². The number of hydrogen-bond acceptors (Lipinski definition) is 8. The van der Waals surface area contributed by atoms with Crippen molar-refractivity contribution in [2.45, 2.75) is 65.8 Å². The van der Waals surface area contributed by atoms with E-state index in [1.807, 2.05) is 66.4 Å². The number of carbonyl (C=O) groups is 1. The smallest absolute Gasteiger partial charge is 0.395 e. The fourth-order valence-electron chi connectivity index (χ4n) is 7.70. The van der Waals surface area contributed by atoms with Gasteiger partial charge in [-0.05, 0) is 134 Å². The number of carbonyl (C=O) groups excluding carboxylic acids is 1. The number of aliphatic hydroxyl groups is 1. The molecule has 0 saturated carbocycles. The number of alkyl halides is 3. The molecule has 6 rings (SSSR count). The number of halogens is 4. The average Bonchev–Trinajstić information content (AvgIpc) is 3.29. The van der Waals surface area contributed by atoms with E-state index < -0.39 is 42.9 Å². The molecule has 0 bridgehead atoms. The van der Waals surface area contributed by atoms with Crippen molar-refractivity contribution < 1.29 is 31.5 Å². The highest BCUT2D eigenvalue weighted by molar-refractivity contribution is 8.13. The van der Waals surface area contributed by atoms with Gasteiger partial charge in [0.15, 0.2) is 0 Å². The van der Waals surface area contributed by atoms with E-state index in [4.69, 9.17) is 11.6 Å². The van der Waals surface area contributed by atoms with Gasteiger partial charge < -0.3 is 20.2 Å². The number of amides is 1. The van der Waals surface area contributed by atoms with Crippen molar-refractivity contribution in [3.05, 3.63) is 137 Å². The number of nitrogens with one attached hydrogen (secondary N) is 2. The molecule has 2 atom stereocenters. The lowest BCUT2D eigenvalue weighted by Gasteiger charge is -2.34. The first-order valence-corrected chi connectivity index (χ1v) is 25.2. The molecule has 0 spiro atoms. The molecule has 63 heavy (non-hydrogen) atoms. The number of sulfone groups is 1. The number of nitrogens with zero attached hydrogens (tertiary/aromatic N) is 2. The van der Waals surface area contributed by atoms with E-state index in [1.54, 1.807) is 30.5 Å². The van der Waals surface area contributed by atoms with Crippen LogP contribution in [0.3, 0.4) is 0 Å². The molecule has 5 aromatic carbocycles. The van der Waals surface area contributed by atoms with Crippen molar-refractivity contribution in [2.24, 2.45) is 5.92 Å². The van der Waals surface area contributed by atoms with Crippen molar-refractivity contribution in [3.63, 3.8) is 0 Å². The number of aliphatic hydroxyl groups excluding tert-OH is 1. The molecule has 3 N–H and O–H groups in total. The van der Waals surface area contributed by atoms with Crippen LogP contribution >= 0.6 is 34.0 Å². The van der Waals surface area contributed by atoms with Gasteiger partial charge in [0, 0.05) is 64.0 Å². The summed E-state index contributed by atoms with van der Waals surface area (Å²) in [6, 6.07) is 36.8. The van der Waals surface area contributed by atoms with Crippen LogP contribution in [0, 0.1) is 5.92 Å². The topological polar surface area (TPSA) is 102 Å². The molecule has 1 unspecified atom stereocenters. The molecule has 0 aromatic heterocycles. The molecule has 0 aliphatic carbocycles. The van der Waals surface area contributed by atoms with Crippen LogP contribution in [-0.2, 0) is 16.3 Å². The van der Waals surface area contributed by atoms with Gasteiger partial charge >= 0.3 is 5.51 Å². The third-order valence-corrected chi connectivity index (χ3v) is 15.8. The zero-order chi connectivity index (χ0) is 45.0. The van der Waals surface area contributed by atoms with Crippen LogP contribution in [0.25, 0.3) is 11.1 Å². The highest BCUT2D eigenvalue weighted by atomic mass is 35.5. The molecule has 1 saturated heterocycles. The van der Waals surface area contributed by atoms with Gasteiger partial charge in [-0.2, -0.15) is 13.2 Å². The van der Waals surface area contributed by atoms with Gasteiger partial charge in [-0.15, -0.1) is 11.8 Å². The molecule has 8 nitrogen and oxygen atoms in total. The standard InChI is InChI=1S/C48H54ClF3N4O4S3/c1-3-55(30-31-57)27-26-40(34-61-42-11-6-5-7-12-42)53-45-23-22-43(33-46(45)63(59,60)48(50,51)52)62(4-2)54-47(58)37-16-20-41(21-17-37)56-28-24-35(25-29-56)32-38-10-8-9-13-44(38)36-14-18-39(49)19-15-36/h4-23,33,35,40,53,57H,3,24-32,34H2,1-2H3,(H,54,58)/t40-,62?/m1/s1.